The highest BCUT2D eigenvalue weighted by Gasteiger charge is 2.30. The van der Waals surface area contributed by atoms with E-state index in [4.69, 9.17) is 24.0 Å². The van der Waals surface area contributed by atoms with Crippen molar-refractivity contribution < 1.29 is 23.6 Å². The molecule has 3 aromatic rings. The van der Waals surface area contributed by atoms with Crippen LogP contribution in [0.5, 0.6) is 0 Å². The number of aromatic nitrogens is 3. The van der Waals surface area contributed by atoms with Crippen molar-refractivity contribution in [2.75, 3.05) is 50.1 Å². The van der Waals surface area contributed by atoms with Gasteiger partial charge in [0.2, 0.25) is 12.0 Å². The molecule has 228 valence electrons. The summed E-state index contributed by atoms with van der Waals surface area (Å²) in [4.78, 5) is 35.6. The van der Waals surface area contributed by atoms with Gasteiger partial charge in [0.25, 0.3) is 0 Å². The maximum atomic E-state index is 12.5. The molecule has 2 amide bonds. The van der Waals surface area contributed by atoms with Crippen molar-refractivity contribution in [2.45, 2.75) is 70.9 Å². The number of nitrogens with one attached hydrogen (secondary N) is 3. The fourth-order valence-corrected chi connectivity index (χ4v) is 4.92. The average Bonchev–Trinajstić information content (AvgIpc) is 3.37. The van der Waals surface area contributed by atoms with Gasteiger partial charge in [-0.2, -0.15) is 0 Å². The SMILES string of the molecule is CNc1ccc(-c2nc(N3CCOCC3)c3onc(C(CCNC=O)CCC(C)(C)NC(=O)OC(C)(C)C)c3n2)cc1. The van der Waals surface area contributed by atoms with Gasteiger partial charge in [0.1, 0.15) is 16.8 Å². The van der Waals surface area contributed by atoms with Crippen LogP contribution in [0.15, 0.2) is 28.8 Å². The van der Waals surface area contributed by atoms with Gasteiger partial charge in [0, 0.05) is 49.4 Å². The number of ether oxygens (including phenoxy) is 2. The van der Waals surface area contributed by atoms with Crippen molar-refractivity contribution in [3.05, 3.63) is 30.0 Å². The molecule has 1 atom stereocenters. The minimum absolute atomic E-state index is 0.106. The van der Waals surface area contributed by atoms with Gasteiger partial charge < -0.3 is 34.8 Å². The largest absolute Gasteiger partial charge is 0.444 e. The first kappa shape index (κ1) is 31.0. The molecule has 1 saturated heterocycles. The molecule has 12 nitrogen and oxygen atoms in total. The third kappa shape index (κ3) is 8.09. The number of fused-ring (bicyclic) bond motifs is 1. The van der Waals surface area contributed by atoms with E-state index >= 15 is 0 Å². The van der Waals surface area contributed by atoms with E-state index in [-0.39, 0.29) is 5.92 Å². The van der Waals surface area contributed by atoms with E-state index in [1.54, 1.807) is 0 Å². The zero-order valence-corrected chi connectivity index (χ0v) is 25.5. The van der Waals surface area contributed by atoms with Crippen LogP contribution in [0.2, 0.25) is 0 Å². The number of amides is 2. The second kappa shape index (κ2) is 13.4. The predicted octanol–water partition coefficient (Wildman–Crippen LogP) is 4.47. The van der Waals surface area contributed by atoms with Gasteiger partial charge in [-0.15, -0.1) is 0 Å². The van der Waals surface area contributed by atoms with E-state index in [0.717, 1.165) is 11.3 Å². The number of carbonyl (C=O) groups is 2. The van der Waals surface area contributed by atoms with E-state index in [2.05, 4.69) is 26.0 Å². The molecule has 42 heavy (non-hydrogen) atoms. The van der Waals surface area contributed by atoms with Gasteiger partial charge >= 0.3 is 6.09 Å². The van der Waals surface area contributed by atoms with Gasteiger partial charge in [0.15, 0.2) is 11.6 Å². The standard InChI is InChI=1S/C30H43N7O5/c1-29(2,3)41-28(39)35-30(4,5)13-11-20(12-14-32-19-38)23-24-25(42-36-23)27(37-15-17-40-18-16-37)34-26(33-24)21-7-9-22(31-6)10-8-21/h7-10,19-20,31H,11-18H2,1-6H3,(H,32,38)(H,35,39). The minimum Gasteiger partial charge on any atom is -0.444 e. The normalized spacial score (nSPS) is 14.9. The summed E-state index contributed by atoms with van der Waals surface area (Å²) in [5.74, 6) is 1.16. The first-order valence-corrected chi connectivity index (χ1v) is 14.5. The van der Waals surface area contributed by atoms with Crippen LogP contribution in [-0.2, 0) is 14.3 Å². The van der Waals surface area contributed by atoms with Crippen LogP contribution >= 0.6 is 0 Å². The van der Waals surface area contributed by atoms with E-state index in [9.17, 15) is 9.59 Å². The zero-order chi connectivity index (χ0) is 30.3. The first-order chi connectivity index (χ1) is 20.0. The molecular weight excluding hydrogens is 538 g/mol. The molecular formula is C30H43N7O5. The highest BCUT2D eigenvalue weighted by molar-refractivity contribution is 5.88. The van der Waals surface area contributed by atoms with Crippen LogP contribution < -0.4 is 20.9 Å². The molecule has 1 unspecified atom stereocenters. The summed E-state index contributed by atoms with van der Waals surface area (Å²) in [5.41, 5.74) is 2.60. The van der Waals surface area contributed by atoms with Gasteiger partial charge in [-0.1, -0.05) is 5.16 Å². The number of benzene rings is 1. The maximum absolute atomic E-state index is 12.5. The number of hydrogen-bond acceptors (Lipinski definition) is 10. The highest BCUT2D eigenvalue weighted by atomic mass is 16.6. The number of anilines is 2. The molecule has 3 heterocycles. The maximum Gasteiger partial charge on any atom is 0.408 e. The monoisotopic (exact) mass is 581 g/mol. The smallest absolute Gasteiger partial charge is 0.408 e. The van der Waals surface area contributed by atoms with Gasteiger partial charge in [-0.25, -0.2) is 14.8 Å². The number of morpholine rings is 1. The predicted molar refractivity (Wildman–Crippen MR) is 162 cm³/mol. The van der Waals surface area contributed by atoms with Crippen molar-refractivity contribution in [1.82, 2.24) is 25.8 Å². The van der Waals surface area contributed by atoms with Crippen LogP contribution in [0, 0.1) is 0 Å². The Morgan fingerprint density at radius 3 is 2.45 bits per heavy atom. The van der Waals surface area contributed by atoms with E-state index in [1.165, 1.54) is 0 Å². The van der Waals surface area contributed by atoms with Crippen molar-refractivity contribution in [3.63, 3.8) is 0 Å². The third-order valence-corrected chi connectivity index (χ3v) is 7.13. The van der Waals surface area contributed by atoms with Crippen LogP contribution in [-0.4, -0.2) is 78.7 Å². The lowest BCUT2D eigenvalue weighted by atomic mass is 9.88. The Labute approximate surface area is 246 Å². The Balaban J connectivity index is 1.69. The highest BCUT2D eigenvalue weighted by Crippen LogP contribution is 2.36. The molecule has 1 fully saturated rings. The summed E-state index contributed by atoms with van der Waals surface area (Å²) >= 11 is 0. The quantitative estimate of drug-likeness (QED) is 0.207. The molecule has 0 bridgehead atoms. The lowest BCUT2D eigenvalue weighted by Gasteiger charge is -2.30. The summed E-state index contributed by atoms with van der Waals surface area (Å²) in [6.45, 7) is 12.4. The molecule has 0 spiro atoms. The number of rotatable bonds is 12. The molecule has 4 rings (SSSR count). The Hall–Kier alpha value is -3.93. The number of nitrogens with zero attached hydrogens (tertiary/aromatic N) is 4. The van der Waals surface area contributed by atoms with Gasteiger partial charge in [0.05, 0.1) is 13.2 Å². The van der Waals surface area contributed by atoms with Gasteiger partial charge in [-0.3, -0.25) is 4.79 Å². The molecule has 0 aliphatic carbocycles. The summed E-state index contributed by atoms with van der Waals surface area (Å²) in [5, 5.41) is 13.4. The lowest BCUT2D eigenvalue weighted by Crippen LogP contribution is -2.46. The van der Waals surface area contributed by atoms with Crippen molar-refractivity contribution in [3.8, 4) is 11.4 Å². The average molecular weight is 582 g/mol. The molecule has 1 aliphatic heterocycles. The van der Waals surface area contributed by atoms with E-state index in [1.807, 2.05) is 65.9 Å². The fourth-order valence-electron chi connectivity index (χ4n) is 4.92. The molecule has 12 heteroatoms. The van der Waals surface area contributed by atoms with Crippen LogP contribution in [0.4, 0.5) is 16.3 Å². The zero-order valence-electron chi connectivity index (χ0n) is 25.5. The molecule has 0 saturated carbocycles. The van der Waals surface area contributed by atoms with E-state index < -0.39 is 17.2 Å². The Morgan fingerprint density at radius 2 is 1.81 bits per heavy atom. The van der Waals surface area contributed by atoms with E-state index in [0.29, 0.717) is 87.0 Å². The molecule has 0 radical (unpaired) electrons. The summed E-state index contributed by atoms with van der Waals surface area (Å²) in [6.07, 6.45) is 2.14. The van der Waals surface area contributed by atoms with Crippen LogP contribution in [0.25, 0.3) is 22.5 Å². The van der Waals surface area contributed by atoms with Crippen LogP contribution in [0.1, 0.15) is 65.5 Å². The van der Waals surface area contributed by atoms with Crippen molar-refractivity contribution in [2.24, 2.45) is 0 Å². The molecule has 3 N–H and O–H groups in total. The topological polar surface area (TPSA) is 144 Å². The number of alkyl carbamates (subject to hydrolysis) is 1. The molecule has 1 aromatic carbocycles. The summed E-state index contributed by atoms with van der Waals surface area (Å²) < 4.78 is 17.0. The van der Waals surface area contributed by atoms with Crippen molar-refractivity contribution in [1.29, 1.82) is 0 Å². The first-order valence-electron chi connectivity index (χ1n) is 14.5. The van der Waals surface area contributed by atoms with Gasteiger partial charge in [-0.05, 0) is 78.1 Å². The molecule has 1 aliphatic rings. The lowest BCUT2D eigenvalue weighted by molar-refractivity contribution is -0.109. The Bertz CT molecular complexity index is 1340. The Kier molecular flexibility index (Phi) is 9.87. The van der Waals surface area contributed by atoms with Crippen LogP contribution in [0.3, 0.4) is 0 Å². The van der Waals surface area contributed by atoms with Crippen molar-refractivity contribution >= 4 is 35.1 Å². The minimum atomic E-state index is -0.591. The third-order valence-electron chi connectivity index (χ3n) is 7.13. The summed E-state index contributed by atoms with van der Waals surface area (Å²) in [7, 11) is 1.88. The second-order valence-corrected chi connectivity index (χ2v) is 12.2. The fraction of sp³-hybridized carbons (Fsp3) is 0.567. The number of hydrogen-bond donors (Lipinski definition) is 3. The number of carbonyl (C=O) groups excluding carboxylic acids is 2. The Morgan fingerprint density at radius 1 is 1.10 bits per heavy atom. The molecule has 2 aromatic heterocycles. The second-order valence-electron chi connectivity index (χ2n) is 12.2. The summed E-state index contributed by atoms with van der Waals surface area (Å²) in [6, 6.07) is 7.94.